The molecule has 27 heavy (non-hydrogen) atoms. The lowest BCUT2D eigenvalue weighted by Crippen LogP contribution is -2.18. The molecule has 0 aromatic heterocycles. The van der Waals surface area contributed by atoms with Crippen LogP contribution in [0.3, 0.4) is 0 Å². The van der Waals surface area contributed by atoms with Crippen LogP contribution in [-0.4, -0.2) is 44.3 Å². The third kappa shape index (κ3) is 79.7. The monoisotopic (exact) mass is 410 g/mol. The Bertz CT molecular complexity index is 358. The molecule has 0 bridgehead atoms. The van der Waals surface area contributed by atoms with Crippen molar-refractivity contribution in [3.8, 4) is 0 Å². The first-order chi connectivity index (χ1) is 10.9. The van der Waals surface area contributed by atoms with Crippen LogP contribution in [0.4, 0.5) is 0 Å². The number of carbonyl (C=O) groups is 3. The van der Waals surface area contributed by atoms with E-state index in [0.717, 1.165) is 19.8 Å². The summed E-state index contributed by atoms with van der Waals surface area (Å²) in [5.41, 5.74) is 0. The average molecular weight is 411 g/mol. The minimum Gasteiger partial charge on any atom is -0.481 e. The molecule has 0 spiro atoms. The highest BCUT2D eigenvalue weighted by Crippen LogP contribution is 2.12. The van der Waals surface area contributed by atoms with E-state index in [4.69, 9.17) is 14.6 Å². The summed E-state index contributed by atoms with van der Waals surface area (Å²) >= 11 is 0. The van der Waals surface area contributed by atoms with E-state index in [2.05, 4.69) is 31.0 Å². The highest BCUT2D eigenvalue weighted by Gasteiger charge is 2.11. The molecule has 0 radical (unpaired) electrons. The van der Waals surface area contributed by atoms with Gasteiger partial charge in [0.05, 0.1) is 13.2 Å². The van der Waals surface area contributed by atoms with Crippen LogP contribution in [0.25, 0.3) is 0 Å². The number of rotatable bonds is 8. The minimum atomic E-state index is -0.875. The summed E-state index contributed by atoms with van der Waals surface area (Å²) in [5, 5.41) is 7.42. The van der Waals surface area contributed by atoms with Crippen LogP contribution in [0.1, 0.15) is 62.3 Å². The van der Waals surface area contributed by atoms with E-state index in [1.807, 2.05) is 0 Å². The highest BCUT2D eigenvalue weighted by molar-refractivity contribution is 6.76. The molecule has 0 aromatic rings. The van der Waals surface area contributed by atoms with Crippen molar-refractivity contribution in [2.75, 3.05) is 13.2 Å². The minimum absolute atomic E-state index is 0. The van der Waals surface area contributed by atoms with Gasteiger partial charge in [0.15, 0.2) is 0 Å². The van der Waals surface area contributed by atoms with Gasteiger partial charge in [0.2, 0.25) is 0 Å². The van der Waals surface area contributed by atoms with Gasteiger partial charge in [-0.15, -0.1) is 6.58 Å². The van der Waals surface area contributed by atoms with E-state index in [-0.39, 0.29) is 34.2 Å². The number of aliphatic carboxylic acids is 1. The normalized spacial score (nSPS) is 8.37. The molecule has 0 aromatic carbocycles. The second kappa shape index (κ2) is 26.6. The molecule has 0 saturated heterocycles. The number of hydrogen-bond acceptors (Lipinski definition) is 5. The Labute approximate surface area is 169 Å². The molecule has 7 heteroatoms. The summed E-state index contributed by atoms with van der Waals surface area (Å²) in [6.45, 7) is 15.5. The lowest BCUT2D eigenvalue weighted by molar-refractivity contribution is -0.141. The average Bonchev–Trinajstić information content (AvgIpc) is 2.36. The van der Waals surface area contributed by atoms with E-state index < -0.39 is 14.0 Å². The maximum Gasteiger partial charge on any atom is 0.302 e. The molecule has 0 rings (SSSR count). The Hall–Kier alpha value is -1.63. The van der Waals surface area contributed by atoms with E-state index >= 15 is 0 Å². The number of carbonyl (C=O) groups excluding carboxylic acids is 2. The molecular formula is C20H46O6Si. The van der Waals surface area contributed by atoms with Crippen LogP contribution in [0.2, 0.25) is 25.7 Å². The Balaban J connectivity index is -0.0000000647. The number of unbranched alkanes of at least 4 members (excludes halogenated alkanes) is 1. The second-order valence-electron chi connectivity index (χ2n) is 6.29. The first kappa shape index (κ1) is 40.2. The fourth-order valence-electron chi connectivity index (χ4n) is 1.26. The van der Waals surface area contributed by atoms with Crippen LogP contribution in [0.15, 0.2) is 12.7 Å². The van der Waals surface area contributed by atoms with Gasteiger partial charge in [-0.2, -0.15) is 0 Å². The highest BCUT2D eigenvalue weighted by atomic mass is 28.3. The Morgan fingerprint density at radius 3 is 1.56 bits per heavy atom. The predicted molar refractivity (Wildman–Crippen MR) is 119 cm³/mol. The van der Waals surface area contributed by atoms with Crippen molar-refractivity contribution < 1.29 is 29.0 Å². The summed E-state index contributed by atoms with van der Waals surface area (Å²) in [6.07, 6.45) is 4.66. The summed E-state index contributed by atoms with van der Waals surface area (Å²) in [6, 6.07) is 1.33. The largest absolute Gasteiger partial charge is 0.481 e. The van der Waals surface area contributed by atoms with E-state index in [1.165, 1.54) is 26.3 Å². The van der Waals surface area contributed by atoms with Gasteiger partial charge in [-0.1, -0.05) is 60.5 Å². The van der Waals surface area contributed by atoms with Gasteiger partial charge in [-0.3, -0.25) is 14.4 Å². The lowest BCUT2D eigenvalue weighted by Gasteiger charge is -2.14. The van der Waals surface area contributed by atoms with Crippen molar-refractivity contribution >= 4 is 26.0 Å². The van der Waals surface area contributed by atoms with Crippen molar-refractivity contribution in [1.82, 2.24) is 0 Å². The fraction of sp³-hybridized carbons (Fsp3) is 0.750. The van der Waals surface area contributed by atoms with Crippen LogP contribution >= 0.6 is 0 Å². The Morgan fingerprint density at radius 1 is 0.889 bits per heavy atom. The predicted octanol–water partition coefficient (Wildman–Crippen LogP) is 5.79. The number of hydrogen-bond donors (Lipinski definition) is 1. The molecule has 0 aliphatic heterocycles. The quantitative estimate of drug-likeness (QED) is 0.236. The standard InChI is InChI=1S/C9H20O2Si.C6H10O2.C2H4O2.3CH4/c1-9(10)11-7-5-6-8-12(2,3)4;1-3-4-5-8-6(2)7;1-2(3)4;;;/h5-8H2,1-4H3;3H,1,4-5H2,2H3;1H3,(H,3,4);3*1H4. The van der Waals surface area contributed by atoms with Gasteiger partial charge >= 0.3 is 11.9 Å². The van der Waals surface area contributed by atoms with Crippen molar-refractivity contribution in [3.63, 3.8) is 0 Å². The molecule has 0 aliphatic rings. The molecule has 0 saturated carbocycles. The van der Waals surface area contributed by atoms with Crippen LogP contribution in [-0.2, 0) is 23.9 Å². The van der Waals surface area contributed by atoms with Crippen molar-refractivity contribution in [1.29, 1.82) is 0 Å². The molecular weight excluding hydrogens is 364 g/mol. The van der Waals surface area contributed by atoms with Gasteiger partial charge in [0, 0.05) is 28.8 Å². The first-order valence-electron chi connectivity index (χ1n) is 7.99. The third-order valence-electron chi connectivity index (χ3n) is 2.25. The molecule has 0 amide bonds. The molecule has 166 valence electrons. The molecule has 0 unspecified atom stereocenters. The number of ether oxygens (including phenoxy) is 2. The molecule has 0 aliphatic carbocycles. The van der Waals surface area contributed by atoms with Crippen LogP contribution in [0, 0.1) is 0 Å². The zero-order valence-corrected chi connectivity index (χ0v) is 17.0. The molecule has 1 N–H and O–H groups in total. The third-order valence-corrected chi connectivity index (χ3v) is 4.11. The second-order valence-corrected chi connectivity index (χ2v) is 11.9. The van der Waals surface area contributed by atoms with Crippen LogP contribution in [0.5, 0.6) is 0 Å². The smallest absolute Gasteiger partial charge is 0.302 e. The van der Waals surface area contributed by atoms with E-state index in [1.54, 1.807) is 6.08 Å². The molecule has 0 atom stereocenters. The van der Waals surface area contributed by atoms with Gasteiger partial charge in [0.1, 0.15) is 0 Å². The van der Waals surface area contributed by atoms with Crippen molar-refractivity contribution in [2.45, 2.75) is 88.0 Å². The number of esters is 2. The van der Waals surface area contributed by atoms with Gasteiger partial charge < -0.3 is 14.6 Å². The maximum absolute atomic E-state index is 10.4. The van der Waals surface area contributed by atoms with Gasteiger partial charge in [-0.25, -0.2) is 0 Å². The molecule has 0 heterocycles. The topological polar surface area (TPSA) is 89.9 Å². The summed E-state index contributed by atoms with van der Waals surface area (Å²) in [5.74, 6) is -1.23. The SMILES string of the molecule is C.C.C.C=CCCOC(C)=O.CC(=O)O.CC(=O)OCCCC[Si](C)(C)C. The van der Waals surface area contributed by atoms with Gasteiger partial charge in [-0.05, 0) is 12.8 Å². The number of carboxylic acids is 1. The van der Waals surface area contributed by atoms with Gasteiger partial charge in [0.25, 0.3) is 5.97 Å². The Kier molecular flexibility index (Phi) is 39.6. The lowest BCUT2D eigenvalue weighted by atomic mass is 10.4. The summed E-state index contributed by atoms with van der Waals surface area (Å²) < 4.78 is 9.41. The zero-order valence-electron chi connectivity index (χ0n) is 16.0. The van der Waals surface area contributed by atoms with Crippen molar-refractivity contribution in [3.05, 3.63) is 12.7 Å². The molecule has 6 nitrogen and oxygen atoms in total. The Morgan fingerprint density at radius 2 is 1.26 bits per heavy atom. The summed E-state index contributed by atoms with van der Waals surface area (Å²) in [7, 11) is -0.875. The first-order valence-corrected chi connectivity index (χ1v) is 11.7. The number of carboxylic acid groups (broad SMARTS) is 1. The zero-order chi connectivity index (χ0) is 19.6. The fourth-order valence-corrected chi connectivity index (χ4v) is 2.57. The van der Waals surface area contributed by atoms with Crippen LogP contribution < -0.4 is 0 Å². The maximum atomic E-state index is 10.4. The van der Waals surface area contributed by atoms with Crippen molar-refractivity contribution in [2.24, 2.45) is 0 Å². The summed E-state index contributed by atoms with van der Waals surface area (Å²) in [4.78, 5) is 29.5. The molecule has 0 fully saturated rings. The van der Waals surface area contributed by atoms with E-state index in [9.17, 15) is 9.59 Å². The van der Waals surface area contributed by atoms with E-state index in [0.29, 0.717) is 13.2 Å².